The van der Waals surface area contributed by atoms with Gasteiger partial charge in [-0.05, 0) is 61.5 Å². The van der Waals surface area contributed by atoms with Crippen molar-refractivity contribution in [1.82, 2.24) is 0 Å². The van der Waals surface area contributed by atoms with Gasteiger partial charge >= 0.3 is 5.97 Å². The van der Waals surface area contributed by atoms with Crippen LogP contribution < -0.4 is 9.62 Å². The second-order valence-corrected chi connectivity index (χ2v) is 9.47. The summed E-state index contributed by atoms with van der Waals surface area (Å²) in [5, 5.41) is 3.03. The van der Waals surface area contributed by atoms with E-state index < -0.39 is 28.4 Å². The molecule has 7 nitrogen and oxygen atoms in total. The molecular weight excluding hydrogens is 487 g/mol. The number of benzene rings is 3. The van der Waals surface area contributed by atoms with E-state index in [1.807, 2.05) is 0 Å². The molecule has 3 rings (SSSR count). The predicted octanol–water partition coefficient (Wildman–Crippen LogP) is 5.00. The first-order valence-electron chi connectivity index (χ1n) is 9.82. The molecule has 3 aromatic rings. The molecule has 0 bridgehead atoms. The Hall–Kier alpha value is -3.07. The van der Waals surface area contributed by atoms with Gasteiger partial charge in [0.2, 0.25) is 5.91 Å². The molecule has 0 aliphatic heterocycles. The smallest absolute Gasteiger partial charge is 0.338 e. The third kappa shape index (κ3) is 6.04. The van der Waals surface area contributed by atoms with Gasteiger partial charge in [0.25, 0.3) is 10.0 Å². The van der Waals surface area contributed by atoms with Crippen LogP contribution in [0.15, 0.2) is 77.7 Å². The third-order valence-corrected chi connectivity index (χ3v) is 6.79. The van der Waals surface area contributed by atoms with Crippen LogP contribution in [0.25, 0.3) is 0 Å². The Morgan fingerprint density at radius 3 is 2.24 bits per heavy atom. The lowest BCUT2D eigenvalue weighted by molar-refractivity contribution is -0.114. The van der Waals surface area contributed by atoms with Crippen molar-refractivity contribution in [3.63, 3.8) is 0 Å². The molecule has 0 atom stereocenters. The van der Waals surface area contributed by atoms with Gasteiger partial charge < -0.3 is 10.1 Å². The van der Waals surface area contributed by atoms with E-state index in [9.17, 15) is 18.0 Å². The maximum atomic E-state index is 13.3. The van der Waals surface area contributed by atoms with Crippen molar-refractivity contribution < 1.29 is 22.7 Å². The molecule has 1 N–H and O–H groups in total. The van der Waals surface area contributed by atoms with Gasteiger partial charge in [-0.3, -0.25) is 9.10 Å². The zero-order valence-corrected chi connectivity index (χ0v) is 19.8. The van der Waals surface area contributed by atoms with Crippen LogP contribution in [0.5, 0.6) is 0 Å². The minimum atomic E-state index is -4.12. The van der Waals surface area contributed by atoms with E-state index in [0.717, 1.165) is 4.31 Å². The molecule has 3 aromatic carbocycles. The number of rotatable bonds is 8. The molecule has 0 unspecified atom stereocenters. The highest BCUT2D eigenvalue weighted by molar-refractivity contribution is 7.92. The molecular formula is C23H20Cl2N2O5S. The number of anilines is 2. The summed E-state index contributed by atoms with van der Waals surface area (Å²) in [6.07, 6.45) is 0. The lowest BCUT2D eigenvalue weighted by Gasteiger charge is -2.25. The number of nitrogens with zero attached hydrogens (tertiary/aromatic N) is 1. The average Bonchev–Trinajstić information content (AvgIpc) is 2.79. The first-order chi connectivity index (χ1) is 15.7. The molecule has 10 heteroatoms. The van der Waals surface area contributed by atoms with Crippen LogP contribution in [-0.4, -0.2) is 33.4 Å². The second kappa shape index (κ2) is 10.7. The van der Waals surface area contributed by atoms with E-state index in [1.165, 1.54) is 54.6 Å². The van der Waals surface area contributed by atoms with Gasteiger partial charge in [0.1, 0.15) is 6.54 Å². The molecule has 0 radical (unpaired) electrons. The Morgan fingerprint density at radius 1 is 0.970 bits per heavy atom. The number of hydrogen-bond donors (Lipinski definition) is 1. The fourth-order valence-corrected chi connectivity index (χ4v) is 4.96. The van der Waals surface area contributed by atoms with Crippen LogP contribution in [0.2, 0.25) is 10.0 Å². The summed E-state index contributed by atoms with van der Waals surface area (Å²) < 4.78 is 32.5. The second-order valence-electron chi connectivity index (χ2n) is 6.77. The zero-order chi connectivity index (χ0) is 24.0. The van der Waals surface area contributed by atoms with E-state index >= 15 is 0 Å². The van der Waals surface area contributed by atoms with E-state index in [4.69, 9.17) is 27.9 Å². The van der Waals surface area contributed by atoms with Crippen molar-refractivity contribution in [2.24, 2.45) is 0 Å². The first kappa shape index (κ1) is 24.6. The highest BCUT2D eigenvalue weighted by atomic mass is 35.5. The van der Waals surface area contributed by atoms with Gasteiger partial charge in [-0.15, -0.1) is 0 Å². The Morgan fingerprint density at radius 2 is 1.64 bits per heavy atom. The largest absolute Gasteiger partial charge is 0.462 e. The minimum absolute atomic E-state index is 0.00241. The van der Waals surface area contributed by atoms with Crippen molar-refractivity contribution >= 4 is 56.5 Å². The Labute approximate surface area is 201 Å². The number of carbonyl (C=O) groups excluding carboxylic acids is 2. The monoisotopic (exact) mass is 506 g/mol. The van der Waals surface area contributed by atoms with Crippen molar-refractivity contribution in [2.75, 3.05) is 22.8 Å². The fourth-order valence-electron chi connectivity index (χ4n) is 2.94. The summed E-state index contributed by atoms with van der Waals surface area (Å²) in [5.74, 6) is -1.09. The van der Waals surface area contributed by atoms with E-state index in [1.54, 1.807) is 25.1 Å². The normalized spacial score (nSPS) is 11.0. The summed E-state index contributed by atoms with van der Waals surface area (Å²) in [7, 11) is -4.12. The molecule has 0 saturated carbocycles. The van der Waals surface area contributed by atoms with Crippen molar-refractivity contribution in [3.05, 3.63) is 88.4 Å². The van der Waals surface area contributed by atoms with E-state index in [0.29, 0.717) is 16.3 Å². The maximum Gasteiger partial charge on any atom is 0.338 e. The number of carbonyl (C=O) groups is 2. The summed E-state index contributed by atoms with van der Waals surface area (Å²) in [6, 6.07) is 18.1. The molecule has 0 aromatic heterocycles. The van der Waals surface area contributed by atoms with Crippen LogP contribution in [0, 0.1) is 0 Å². The van der Waals surface area contributed by atoms with E-state index in [2.05, 4.69) is 5.32 Å². The van der Waals surface area contributed by atoms with Gasteiger partial charge in [0, 0.05) is 10.7 Å². The predicted molar refractivity (Wildman–Crippen MR) is 128 cm³/mol. The standard InChI is InChI=1S/C23H20Cl2N2O5S/c1-2-32-23(29)16-8-11-18(12-9-16)26-22(28)15-27(21-13-10-17(24)14-20(21)25)33(30,31)19-6-4-3-5-7-19/h3-14H,2,15H2,1H3,(H,26,28). The van der Waals surface area contributed by atoms with Crippen molar-refractivity contribution in [1.29, 1.82) is 0 Å². The molecule has 0 fully saturated rings. The molecule has 1 amide bonds. The average molecular weight is 507 g/mol. The van der Waals surface area contributed by atoms with Crippen LogP contribution in [0.4, 0.5) is 11.4 Å². The number of esters is 1. The SMILES string of the molecule is CCOC(=O)c1ccc(NC(=O)CN(c2ccc(Cl)cc2Cl)S(=O)(=O)c2ccccc2)cc1. The molecule has 0 aliphatic carbocycles. The number of sulfonamides is 1. The van der Waals surface area contributed by atoms with Gasteiger partial charge in [-0.1, -0.05) is 41.4 Å². The summed E-state index contributed by atoms with van der Waals surface area (Å²) in [4.78, 5) is 24.6. The van der Waals surface area contributed by atoms with Gasteiger partial charge in [0.15, 0.2) is 0 Å². The van der Waals surface area contributed by atoms with Crippen LogP contribution in [0.3, 0.4) is 0 Å². The number of ether oxygens (including phenoxy) is 1. The first-order valence-corrected chi connectivity index (χ1v) is 12.0. The van der Waals surface area contributed by atoms with E-state index in [-0.39, 0.29) is 22.2 Å². The molecule has 0 saturated heterocycles. The van der Waals surface area contributed by atoms with Crippen LogP contribution >= 0.6 is 23.2 Å². The highest BCUT2D eigenvalue weighted by Gasteiger charge is 2.28. The molecule has 0 aliphatic rings. The van der Waals surface area contributed by atoms with Crippen molar-refractivity contribution in [3.8, 4) is 0 Å². The van der Waals surface area contributed by atoms with Gasteiger partial charge in [-0.25, -0.2) is 13.2 Å². The fraction of sp³-hybridized carbons (Fsp3) is 0.130. The Balaban J connectivity index is 1.87. The lowest BCUT2D eigenvalue weighted by Crippen LogP contribution is -2.38. The van der Waals surface area contributed by atoms with Crippen LogP contribution in [-0.2, 0) is 19.6 Å². The third-order valence-electron chi connectivity index (χ3n) is 4.48. The quantitative estimate of drug-likeness (QED) is 0.433. The van der Waals surface area contributed by atoms with Crippen molar-refractivity contribution in [2.45, 2.75) is 11.8 Å². The number of nitrogens with one attached hydrogen (secondary N) is 1. The summed E-state index contributed by atoms with van der Waals surface area (Å²) in [6.45, 7) is 1.41. The number of halogens is 2. The molecule has 172 valence electrons. The lowest BCUT2D eigenvalue weighted by atomic mass is 10.2. The topological polar surface area (TPSA) is 92.8 Å². The Kier molecular flexibility index (Phi) is 7.97. The maximum absolute atomic E-state index is 13.3. The Bertz CT molecular complexity index is 1250. The summed E-state index contributed by atoms with van der Waals surface area (Å²) in [5.41, 5.74) is 0.820. The molecule has 0 spiro atoms. The minimum Gasteiger partial charge on any atom is -0.462 e. The molecule has 33 heavy (non-hydrogen) atoms. The summed E-state index contributed by atoms with van der Waals surface area (Å²) >= 11 is 12.2. The number of hydrogen-bond acceptors (Lipinski definition) is 5. The van der Waals surface area contributed by atoms with Crippen LogP contribution in [0.1, 0.15) is 17.3 Å². The van der Waals surface area contributed by atoms with Gasteiger partial charge in [-0.2, -0.15) is 0 Å². The molecule has 0 heterocycles. The highest BCUT2D eigenvalue weighted by Crippen LogP contribution is 2.32. The number of amides is 1. The zero-order valence-electron chi connectivity index (χ0n) is 17.5. The van der Waals surface area contributed by atoms with Gasteiger partial charge in [0.05, 0.1) is 27.8 Å².